The first kappa shape index (κ1) is 13.6. The molecule has 1 aromatic rings. The van der Waals surface area contributed by atoms with E-state index in [1.54, 1.807) is 11.3 Å². The molecule has 3 nitrogen and oxygen atoms in total. The Labute approximate surface area is 113 Å². The van der Waals surface area contributed by atoms with Crippen LogP contribution in [0.3, 0.4) is 0 Å². The Morgan fingerprint density at radius 2 is 2.44 bits per heavy atom. The van der Waals surface area contributed by atoms with E-state index >= 15 is 0 Å². The Morgan fingerprint density at radius 3 is 3.06 bits per heavy atom. The van der Waals surface area contributed by atoms with Gasteiger partial charge in [0.15, 0.2) is 0 Å². The van der Waals surface area contributed by atoms with Gasteiger partial charge in [0.05, 0.1) is 6.42 Å². The zero-order chi connectivity index (χ0) is 13.0. The lowest BCUT2D eigenvalue weighted by Gasteiger charge is -2.39. The van der Waals surface area contributed by atoms with Crippen LogP contribution in [0.15, 0.2) is 16.8 Å². The number of thiophene rings is 1. The second kappa shape index (κ2) is 6.34. The van der Waals surface area contributed by atoms with Crippen LogP contribution < -0.4 is 5.73 Å². The molecule has 0 spiro atoms. The van der Waals surface area contributed by atoms with Gasteiger partial charge in [0.25, 0.3) is 0 Å². The molecule has 18 heavy (non-hydrogen) atoms. The van der Waals surface area contributed by atoms with E-state index in [0.29, 0.717) is 13.0 Å². The predicted molar refractivity (Wildman–Crippen MR) is 75.6 cm³/mol. The summed E-state index contributed by atoms with van der Waals surface area (Å²) in [5, 5.41) is 4.07. The summed E-state index contributed by atoms with van der Waals surface area (Å²) in [6, 6.07) is 2.27. The zero-order valence-electron chi connectivity index (χ0n) is 11.0. The molecule has 0 aliphatic carbocycles. The van der Waals surface area contributed by atoms with Crippen molar-refractivity contribution in [2.75, 3.05) is 13.1 Å². The van der Waals surface area contributed by atoms with Crippen molar-refractivity contribution in [3.05, 3.63) is 22.4 Å². The highest BCUT2D eigenvalue weighted by Crippen LogP contribution is 2.25. The van der Waals surface area contributed by atoms with E-state index in [-0.39, 0.29) is 11.9 Å². The maximum absolute atomic E-state index is 12.3. The van der Waals surface area contributed by atoms with Crippen LogP contribution in [0.1, 0.15) is 31.7 Å². The minimum atomic E-state index is 0.235. The summed E-state index contributed by atoms with van der Waals surface area (Å²) in [5.41, 5.74) is 6.95. The van der Waals surface area contributed by atoms with Gasteiger partial charge in [-0.05, 0) is 41.1 Å². The van der Waals surface area contributed by atoms with E-state index < -0.39 is 0 Å². The molecule has 1 saturated heterocycles. The van der Waals surface area contributed by atoms with Crippen LogP contribution in [0.2, 0.25) is 0 Å². The van der Waals surface area contributed by atoms with Crippen LogP contribution >= 0.6 is 11.3 Å². The van der Waals surface area contributed by atoms with E-state index in [0.717, 1.165) is 30.9 Å². The van der Waals surface area contributed by atoms with Crippen molar-refractivity contribution in [1.82, 2.24) is 4.90 Å². The molecule has 4 heteroatoms. The number of hydrogen-bond donors (Lipinski definition) is 1. The van der Waals surface area contributed by atoms with E-state index in [2.05, 4.69) is 6.92 Å². The number of nitrogens with zero attached hydrogens (tertiary/aromatic N) is 1. The van der Waals surface area contributed by atoms with Crippen LogP contribution in [0.5, 0.6) is 0 Å². The SMILES string of the molecule is CCC1CCN(C(=O)Cc2ccsc2)C(CN)C1. The third kappa shape index (κ3) is 3.12. The highest BCUT2D eigenvalue weighted by molar-refractivity contribution is 7.07. The van der Waals surface area contributed by atoms with Gasteiger partial charge < -0.3 is 10.6 Å². The van der Waals surface area contributed by atoms with Gasteiger partial charge in [-0.2, -0.15) is 11.3 Å². The van der Waals surface area contributed by atoms with Crippen molar-refractivity contribution in [3.63, 3.8) is 0 Å². The fraction of sp³-hybridized carbons (Fsp3) is 0.643. The van der Waals surface area contributed by atoms with Crippen molar-refractivity contribution in [3.8, 4) is 0 Å². The maximum Gasteiger partial charge on any atom is 0.227 e. The van der Waals surface area contributed by atoms with Crippen LogP contribution in [0, 0.1) is 5.92 Å². The summed E-state index contributed by atoms with van der Waals surface area (Å²) in [5.74, 6) is 0.974. The van der Waals surface area contributed by atoms with E-state index in [1.165, 1.54) is 6.42 Å². The van der Waals surface area contributed by atoms with Crippen molar-refractivity contribution < 1.29 is 4.79 Å². The van der Waals surface area contributed by atoms with E-state index in [1.807, 2.05) is 21.7 Å². The molecule has 0 aromatic carbocycles. The molecular formula is C14H22N2OS. The van der Waals surface area contributed by atoms with Crippen molar-refractivity contribution in [1.29, 1.82) is 0 Å². The molecule has 0 radical (unpaired) electrons. The molecule has 0 saturated carbocycles. The van der Waals surface area contributed by atoms with Crippen LogP contribution in [-0.2, 0) is 11.2 Å². The molecule has 1 fully saturated rings. The summed E-state index contributed by atoms with van der Waals surface area (Å²) < 4.78 is 0. The molecule has 1 amide bonds. The molecule has 2 heterocycles. The maximum atomic E-state index is 12.3. The predicted octanol–water partition coefficient (Wildman–Crippen LogP) is 2.27. The first-order chi connectivity index (χ1) is 8.74. The molecule has 100 valence electrons. The molecule has 2 N–H and O–H groups in total. The minimum Gasteiger partial charge on any atom is -0.338 e. The van der Waals surface area contributed by atoms with Gasteiger partial charge in [-0.25, -0.2) is 0 Å². The monoisotopic (exact) mass is 266 g/mol. The summed E-state index contributed by atoms with van der Waals surface area (Å²) in [6.07, 6.45) is 3.92. The van der Waals surface area contributed by atoms with Gasteiger partial charge in [0.2, 0.25) is 5.91 Å². The number of hydrogen-bond acceptors (Lipinski definition) is 3. The number of nitrogens with two attached hydrogens (primary N) is 1. The Kier molecular flexibility index (Phi) is 4.78. The first-order valence-corrected chi connectivity index (χ1v) is 7.69. The third-order valence-electron chi connectivity index (χ3n) is 3.93. The second-order valence-corrected chi connectivity index (χ2v) is 5.86. The highest BCUT2D eigenvalue weighted by atomic mass is 32.1. The smallest absolute Gasteiger partial charge is 0.227 e. The number of amides is 1. The Morgan fingerprint density at radius 1 is 1.61 bits per heavy atom. The Hall–Kier alpha value is -0.870. The standard InChI is InChI=1S/C14H22N2OS/c1-2-11-3-5-16(13(7-11)9-15)14(17)8-12-4-6-18-10-12/h4,6,10-11,13H,2-3,5,7-9,15H2,1H3. The fourth-order valence-corrected chi connectivity index (χ4v) is 3.39. The van der Waals surface area contributed by atoms with E-state index in [4.69, 9.17) is 5.73 Å². The number of carbonyl (C=O) groups is 1. The fourth-order valence-electron chi connectivity index (χ4n) is 2.73. The van der Waals surface area contributed by atoms with Crippen molar-refractivity contribution in [2.45, 2.75) is 38.6 Å². The summed E-state index contributed by atoms with van der Waals surface area (Å²) in [6.45, 7) is 3.69. The molecule has 2 atom stereocenters. The lowest BCUT2D eigenvalue weighted by Crippen LogP contribution is -2.50. The molecule has 1 aliphatic rings. The van der Waals surface area contributed by atoms with Crippen LogP contribution in [-0.4, -0.2) is 29.9 Å². The largest absolute Gasteiger partial charge is 0.338 e. The van der Waals surface area contributed by atoms with Crippen LogP contribution in [0.4, 0.5) is 0 Å². The quantitative estimate of drug-likeness (QED) is 0.908. The van der Waals surface area contributed by atoms with Crippen LogP contribution in [0.25, 0.3) is 0 Å². The number of likely N-dealkylation sites (tertiary alicyclic amines) is 1. The summed E-state index contributed by atoms with van der Waals surface area (Å²) >= 11 is 1.64. The normalized spacial score (nSPS) is 24.2. The molecular weight excluding hydrogens is 244 g/mol. The third-order valence-corrected chi connectivity index (χ3v) is 4.66. The lowest BCUT2D eigenvalue weighted by atomic mass is 9.88. The average Bonchev–Trinajstić information content (AvgIpc) is 2.90. The molecule has 1 aliphatic heterocycles. The summed E-state index contributed by atoms with van der Waals surface area (Å²) in [7, 11) is 0. The summed E-state index contributed by atoms with van der Waals surface area (Å²) in [4.78, 5) is 14.3. The highest BCUT2D eigenvalue weighted by Gasteiger charge is 2.29. The second-order valence-electron chi connectivity index (χ2n) is 5.08. The number of rotatable bonds is 4. The zero-order valence-corrected chi connectivity index (χ0v) is 11.8. The lowest BCUT2D eigenvalue weighted by molar-refractivity contribution is -0.134. The first-order valence-electron chi connectivity index (χ1n) is 6.75. The van der Waals surface area contributed by atoms with Crippen molar-refractivity contribution in [2.24, 2.45) is 11.7 Å². The average molecular weight is 266 g/mol. The minimum absolute atomic E-state index is 0.235. The Balaban J connectivity index is 1.96. The van der Waals surface area contributed by atoms with Gasteiger partial charge >= 0.3 is 0 Å². The van der Waals surface area contributed by atoms with E-state index in [9.17, 15) is 4.79 Å². The molecule has 2 unspecified atom stereocenters. The van der Waals surface area contributed by atoms with Gasteiger partial charge in [-0.15, -0.1) is 0 Å². The Bertz CT molecular complexity index is 377. The molecule has 2 rings (SSSR count). The number of carbonyl (C=O) groups excluding carboxylic acids is 1. The van der Waals surface area contributed by atoms with Gasteiger partial charge in [0.1, 0.15) is 0 Å². The molecule has 0 bridgehead atoms. The van der Waals surface area contributed by atoms with Gasteiger partial charge in [0, 0.05) is 19.1 Å². The van der Waals surface area contributed by atoms with Crippen molar-refractivity contribution >= 4 is 17.2 Å². The number of piperidine rings is 1. The topological polar surface area (TPSA) is 46.3 Å². The van der Waals surface area contributed by atoms with Gasteiger partial charge in [-0.1, -0.05) is 13.3 Å². The molecule has 1 aromatic heterocycles. The van der Waals surface area contributed by atoms with Gasteiger partial charge in [-0.3, -0.25) is 4.79 Å².